The van der Waals surface area contributed by atoms with Gasteiger partial charge in [-0.2, -0.15) is 0 Å². The van der Waals surface area contributed by atoms with Crippen LogP contribution in [0.15, 0.2) is 0 Å². The summed E-state index contributed by atoms with van der Waals surface area (Å²) in [5, 5.41) is 0. The lowest BCUT2D eigenvalue weighted by Gasteiger charge is -2.41. The van der Waals surface area contributed by atoms with Crippen molar-refractivity contribution in [2.24, 2.45) is 11.7 Å². The molecule has 90 valence electrons. The molecule has 1 fully saturated rings. The Labute approximate surface area is 93.3 Å². The average Bonchev–Trinajstić information content (AvgIpc) is 2.15. The van der Waals surface area contributed by atoms with Gasteiger partial charge in [0, 0.05) is 11.8 Å². The zero-order valence-electron chi connectivity index (χ0n) is 9.83. The van der Waals surface area contributed by atoms with E-state index < -0.39 is 9.84 Å². The summed E-state index contributed by atoms with van der Waals surface area (Å²) in [5.74, 6) is 0.744. The predicted molar refractivity (Wildman–Crippen MR) is 63.5 cm³/mol. The van der Waals surface area contributed by atoms with Crippen LogP contribution in [0.2, 0.25) is 0 Å². The molecule has 15 heavy (non-hydrogen) atoms. The molecule has 1 saturated carbocycles. The Balaban J connectivity index is 2.62. The van der Waals surface area contributed by atoms with Gasteiger partial charge in [0.2, 0.25) is 0 Å². The van der Waals surface area contributed by atoms with E-state index in [1.807, 2.05) is 0 Å². The zero-order valence-corrected chi connectivity index (χ0v) is 10.6. The first kappa shape index (κ1) is 13.0. The van der Waals surface area contributed by atoms with Gasteiger partial charge in [0.15, 0.2) is 0 Å². The smallest absolute Gasteiger partial charge is 0.147 e. The molecule has 3 nitrogen and oxygen atoms in total. The molecule has 1 aliphatic carbocycles. The molecule has 0 bridgehead atoms. The van der Waals surface area contributed by atoms with Crippen molar-refractivity contribution in [2.75, 3.05) is 12.0 Å². The second-order valence-electron chi connectivity index (χ2n) is 4.96. The number of sulfone groups is 1. The maximum atomic E-state index is 11.2. The van der Waals surface area contributed by atoms with E-state index in [1.54, 1.807) is 0 Å². The second kappa shape index (κ2) is 4.83. The van der Waals surface area contributed by atoms with Crippen molar-refractivity contribution in [3.63, 3.8) is 0 Å². The van der Waals surface area contributed by atoms with Crippen LogP contribution in [0.5, 0.6) is 0 Å². The molecule has 0 spiro atoms. The van der Waals surface area contributed by atoms with E-state index in [0.29, 0.717) is 12.3 Å². The standard InChI is InChI=1S/C11H23NO2S/c1-3-10-6-4-5-7-11(10,12)8-9-15(2,13)14/h10H,3-9,12H2,1-2H3. The molecule has 0 aliphatic heterocycles. The lowest BCUT2D eigenvalue weighted by atomic mass is 9.71. The number of hydrogen-bond donors (Lipinski definition) is 1. The van der Waals surface area contributed by atoms with E-state index in [-0.39, 0.29) is 11.3 Å². The van der Waals surface area contributed by atoms with Gasteiger partial charge in [-0.05, 0) is 25.2 Å². The van der Waals surface area contributed by atoms with Crippen LogP contribution in [0, 0.1) is 5.92 Å². The quantitative estimate of drug-likeness (QED) is 0.804. The highest BCUT2D eigenvalue weighted by molar-refractivity contribution is 7.90. The predicted octanol–water partition coefficient (Wildman–Crippen LogP) is 1.72. The van der Waals surface area contributed by atoms with Crippen molar-refractivity contribution in [1.29, 1.82) is 0 Å². The van der Waals surface area contributed by atoms with Crippen LogP contribution in [0.4, 0.5) is 0 Å². The minimum Gasteiger partial charge on any atom is -0.325 e. The van der Waals surface area contributed by atoms with Crippen molar-refractivity contribution >= 4 is 9.84 Å². The van der Waals surface area contributed by atoms with Gasteiger partial charge in [-0.15, -0.1) is 0 Å². The minimum atomic E-state index is -2.87. The Morgan fingerprint density at radius 1 is 1.40 bits per heavy atom. The Hall–Kier alpha value is -0.0900. The summed E-state index contributed by atoms with van der Waals surface area (Å²) in [6.45, 7) is 2.15. The Morgan fingerprint density at radius 2 is 2.07 bits per heavy atom. The molecule has 2 unspecified atom stereocenters. The third kappa shape index (κ3) is 3.76. The topological polar surface area (TPSA) is 60.2 Å². The molecule has 1 rings (SSSR count). The molecule has 1 aliphatic rings. The van der Waals surface area contributed by atoms with Crippen molar-refractivity contribution in [2.45, 2.75) is 51.0 Å². The van der Waals surface area contributed by atoms with E-state index in [4.69, 9.17) is 5.73 Å². The first-order valence-electron chi connectivity index (χ1n) is 5.84. The summed E-state index contributed by atoms with van der Waals surface area (Å²) in [6.07, 6.45) is 7.54. The van der Waals surface area contributed by atoms with E-state index in [9.17, 15) is 8.42 Å². The fraction of sp³-hybridized carbons (Fsp3) is 1.00. The summed E-state index contributed by atoms with van der Waals surface area (Å²) < 4.78 is 22.3. The average molecular weight is 233 g/mol. The fourth-order valence-electron chi connectivity index (χ4n) is 2.65. The van der Waals surface area contributed by atoms with Gasteiger partial charge in [0.05, 0.1) is 5.75 Å². The van der Waals surface area contributed by atoms with Crippen molar-refractivity contribution < 1.29 is 8.42 Å². The van der Waals surface area contributed by atoms with Crippen LogP contribution in [0.3, 0.4) is 0 Å². The maximum Gasteiger partial charge on any atom is 0.147 e. The number of nitrogens with two attached hydrogens (primary N) is 1. The van der Waals surface area contributed by atoms with E-state index in [1.165, 1.54) is 12.7 Å². The van der Waals surface area contributed by atoms with Gasteiger partial charge in [-0.25, -0.2) is 8.42 Å². The van der Waals surface area contributed by atoms with Crippen LogP contribution in [-0.2, 0) is 9.84 Å². The van der Waals surface area contributed by atoms with E-state index in [2.05, 4.69) is 6.92 Å². The molecule has 2 atom stereocenters. The minimum absolute atomic E-state index is 0.226. The Morgan fingerprint density at radius 3 is 2.60 bits per heavy atom. The third-order valence-corrected chi connectivity index (χ3v) is 4.63. The molecule has 0 radical (unpaired) electrons. The molecule has 0 aromatic carbocycles. The lowest BCUT2D eigenvalue weighted by molar-refractivity contribution is 0.178. The SMILES string of the molecule is CCC1CCCCC1(N)CCS(C)(=O)=O. The Bertz CT molecular complexity index is 300. The van der Waals surface area contributed by atoms with Crippen molar-refractivity contribution in [1.82, 2.24) is 0 Å². The summed E-state index contributed by atoms with van der Waals surface area (Å²) >= 11 is 0. The first-order valence-corrected chi connectivity index (χ1v) is 7.90. The molecule has 0 saturated heterocycles. The molecule has 4 heteroatoms. The van der Waals surface area contributed by atoms with Crippen LogP contribution >= 0.6 is 0 Å². The molecule has 2 N–H and O–H groups in total. The third-order valence-electron chi connectivity index (χ3n) is 3.69. The fourth-order valence-corrected chi connectivity index (χ4v) is 3.40. The van der Waals surface area contributed by atoms with E-state index in [0.717, 1.165) is 25.7 Å². The van der Waals surface area contributed by atoms with Gasteiger partial charge < -0.3 is 5.73 Å². The summed E-state index contributed by atoms with van der Waals surface area (Å²) in [5.41, 5.74) is 6.13. The molecule has 0 aromatic heterocycles. The van der Waals surface area contributed by atoms with Crippen molar-refractivity contribution in [3.05, 3.63) is 0 Å². The summed E-state index contributed by atoms with van der Waals surface area (Å²) in [4.78, 5) is 0. The molecule has 0 amide bonds. The molecule has 0 aromatic rings. The monoisotopic (exact) mass is 233 g/mol. The highest BCUT2D eigenvalue weighted by Crippen LogP contribution is 2.36. The Kier molecular flexibility index (Phi) is 4.18. The van der Waals surface area contributed by atoms with E-state index >= 15 is 0 Å². The number of rotatable bonds is 4. The lowest BCUT2D eigenvalue weighted by Crippen LogP contribution is -2.50. The maximum absolute atomic E-state index is 11.2. The van der Waals surface area contributed by atoms with Gasteiger partial charge in [0.25, 0.3) is 0 Å². The van der Waals surface area contributed by atoms with Crippen LogP contribution < -0.4 is 5.73 Å². The first-order chi connectivity index (χ1) is 6.87. The van der Waals surface area contributed by atoms with Gasteiger partial charge in [-0.3, -0.25) is 0 Å². The van der Waals surface area contributed by atoms with Crippen LogP contribution in [-0.4, -0.2) is 26.0 Å². The normalized spacial score (nSPS) is 32.9. The van der Waals surface area contributed by atoms with Crippen molar-refractivity contribution in [3.8, 4) is 0 Å². The molecular weight excluding hydrogens is 210 g/mol. The zero-order chi connectivity index (χ0) is 11.5. The number of hydrogen-bond acceptors (Lipinski definition) is 3. The van der Waals surface area contributed by atoms with Gasteiger partial charge in [0.1, 0.15) is 9.84 Å². The molecular formula is C11H23NO2S. The second-order valence-corrected chi connectivity index (χ2v) is 7.22. The highest BCUT2D eigenvalue weighted by Gasteiger charge is 2.36. The summed E-state index contributed by atoms with van der Waals surface area (Å²) in [6, 6.07) is 0. The van der Waals surface area contributed by atoms with Crippen LogP contribution in [0.1, 0.15) is 45.4 Å². The summed E-state index contributed by atoms with van der Waals surface area (Å²) in [7, 11) is -2.87. The van der Waals surface area contributed by atoms with Gasteiger partial charge in [-0.1, -0.05) is 26.2 Å². The van der Waals surface area contributed by atoms with Gasteiger partial charge >= 0.3 is 0 Å². The highest BCUT2D eigenvalue weighted by atomic mass is 32.2. The molecule has 0 heterocycles. The largest absolute Gasteiger partial charge is 0.325 e. The van der Waals surface area contributed by atoms with Crippen LogP contribution in [0.25, 0.3) is 0 Å².